The Bertz CT molecular complexity index is 1340. The minimum Gasteiger partial charge on any atom is -0.371 e. The van der Waals surface area contributed by atoms with Crippen molar-refractivity contribution < 1.29 is 4.39 Å². The standard InChI is InChI=1S/C23H25FN8/c1-25-17-11-15(10-16(24)12-17)19-13-18-21-20(28-14-30(21)3)22(26-2)29-23(18)32(19)9-8-31-6-4-27-5-7-31/h10-14,27H,4-9H2,2-3H3,(H,26,29). The summed E-state index contributed by atoms with van der Waals surface area (Å²) in [7, 11) is 3.80. The lowest BCUT2D eigenvalue weighted by Gasteiger charge is -2.27. The molecule has 164 valence electrons. The van der Waals surface area contributed by atoms with Gasteiger partial charge >= 0.3 is 0 Å². The molecule has 4 heterocycles. The average molecular weight is 433 g/mol. The number of aromatic nitrogens is 4. The van der Waals surface area contributed by atoms with Crippen LogP contribution in [0.3, 0.4) is 0 Å². The Morgan fingerprint density at radius 1 is 1.19 bits per heavy atom. The number of aryl methyl sites for hydroxylation is 1. The molecule has 0 atom stereocenters. The van der Waals surface area contributed by atoms with Crippen LogP contribution in [0.25, 0.3) is 38.2 Å². The lowest BCUT2D eigenvalue weighted by molar-refractivity contribution is 0.233. The SMILES string of the molecule is [C-]#[N+]c1cc(F)cc(-c2cc3c4c(ncn4C)c(NC)nc3n2CCN2CCNCC2)c1. The maximum Gasteiger partial charge on any atom is 0.190 e. The van der Waals surface area contributed by atoms with E-state index in [0.29, 0.717) is 17.9 Å². The minimum absolute atomic E-state index is 0.286. The summed E-state index contributed by atoms with van der Waals surface area (Å²) in [6.07, 6.45) is 1.78. The zero-order valence-corrected chi connectivity index (χ0v) is 18.2. The molecule has 1 aliphatic heterocycles. The summed E-state index contributed by atoms with van der Waals surface area (Å²) in [5, 5.41) is 7.51. The van der Waals surface area contributed by atoms with Gasteiger partial charge in [-0.15, -0.1) is 0 Å². The number of fused-ring (bicyclic) bond motifs is 3. The smallest absolute Gasteiger partial charge is 0.190 e. The molecule has 0 bridgehead atoms. The second kappa shape index (κ2) is 8.22. The van der Waals surface area contributed by atoms with Crippen molar-refractivity contribution in [3.05, 3.63) is 47.8 Å². The average Bonchev–Trinajstić information content (AvgIpc) is 3.37. The fourth-order valence-electron chi connectivity index (χ4n) is 4.52. The Labute approximate surface area is 185 Å². The van der Waals surface area contributed by atoms with Crippen LogP contribution < -0.4 is 10.6 Å². The number of hydrogen-bond acceptors (Lipinski definition) is 5. The van der Waals surface area contributed by atoms with E-state index in [1.54, 1.807) is 12.4 Å². The third kappa shape index (κ3) is 3.47. The highest BCUT2D eigenvalue weighted by molar-refractivity contribution is 6.07. The Kier molecular flexibility index (Phi) is 5.25. The van der Waals surface area contributed by atoms with Crippen LogP contribution in [-0.2, 0) is 13.6 Å². The van der Waals surface area contributed by atoms with E-state index >= 15 is 0 Å². The van der Waals surface area contributed by atoms with Gasteiger partial charge in [-0.05, 0) is 29.8 Å². The van der Waals surface area contributed by atoms with Crippen LogP contribution in [0.2, 0.25) is 0 Å². The van der Waals surface area contributed by atoms with Crippen LogP contribution >= 0.6 is 0 Å². The first-order valence-electron chi connectivity index (χ1n) is 10.7. The fourth-order valence-corrected chi connectivity index (χ4v) is 4.52. The first kappa shape index (κ1) is 20.4. The van der Waals surface area contributed by atoms with E-state index in [2.05, 4.69) is 29.9 Å². The number of pyridine rings is 1. The predicted octanol–water partition coefficient (Wildman–Crippen LogP) is 3.23. The topological polar surface area (TPSA) is 67.3 Å². The number of rotatable bonds is 5. The Morgan fingerprint density at radius 2 is 2.00 bits per heavy atom. The molecule has 0 spiro atoms. The number of anilines is 1. The summed E-state index contributed by atoms with van der Waals surface area (Å²) in [5.41, 5.74) is 4.41. The largest absolute Gasteiger partial charge is 0.371 e. The van der Waals surface area contributed by atoms with Crippen molar-refractivity contribution in [2.24, 2.45) is 7.05 Å². The van der Waals surface area contributed by atoms with Gasteiger partial charge in [0.15, 0.2) is 11.5 Å². The highest BCUT2D eigenvalue weighted by atomic mass is 19.1. The number of nitrogens with one attached hydrogen (secondary N) is 2. The molecule has 0 radical (unpaired) electrons. The van der Waals surface area contributed by atoms with Crippen molar-refractivity contribution in [1.82, 2.24) is 29.3 Å². The third-order valence-electron chi connectivity index (χ3n) is 6.10. The molecule has 2 N–H and O–H groups in total. The highest BCUT2D eigenvalue weighted by Crippen LogP contribution is 2.35. The van der Waals surface area contributed by atoms with Crippen molar-refractivity contribution in [2.45, 2.75) is 6.54 Å². The van der Waals surface area contributed by atoms with Gasteiger partial charge in [0, 0.05) is 64.4 Å². The number of hydrogen-bond donors (Lipinski definition) is 2. The van der Waals surface area contributed by atoms with E-state index in [4.69, 9.17) is 11.6 Å². The van der Waals surface area contributed by atoms with Gasteiger partial charge in [-0.1, -0.05) is 0 Å². The van der Waals surface area contributed by atoms with Crippen molar-refractivity contribution >= 4 is 33.6 Å². The number of piperazine rings is 1. The summed E-state index contributed by atoms with van der Waals surface area (Å²) in [6.45, 7) is 12.9. The Balaban J connectivity index is 1.72. The zero-order chi connectivity index (χ0) is 22.2. The molecule has 3 aromatic heterocycles. The summed E-state index contributed by atoms with van der Waals surface area (Å²) < 4.78 is 18.5. The van der Waals surface area contributed by atoms with E-state index in [-0.39, 0.29) is 5.69 Å². The van der Waals surface area contributed by atoms with E-state index in [1.807, 2.05) is 24.7 Å². The summed E-state index contributed by atoms with van der Waals surface area (Å²) >= 11 is 0. The van der Waals surface area contributed by atoms with Gasteiger partial charge in [-0.25, -0.2) is 19.2 Å². The third-order valence-corrected chi connectivity index (χ3v) is 6.10. The monoisotopic (exact) mass is 432 g/mol. The van der Waals surface area contributed by atoms with Gasteiger partial charge in [0.05, 0.1) is 18.4 Å². The molecule has 1 aromatic carbocycles. The molecule has 0 amide bonds. The molecule has 1 aliphatic rings. The molecule has 1 fully saturated rings. The van der Waals surface area contributed by atoms with Gasteiger partial charge in [-0.2, -0.15) is 0 Å². The number of halogens is 1. The molecule has 0 unspecified atom stereocenters. The second-order valence-electron chi connectivity index (χ2n) is 8.08. The van der Waals surface area contributed by atoms with Crippen LogP contribution in [0.4, 0.5) is 15.9 Å². The lowest BCUT2D eigenvalue weighted by atomic mass is 10.1. The quantitative estimate of drug-likeness (QED) is 0.474. The van der Waals surface area contributed by atoms with E-state index in [9.17, 15) is 4.39 Å². The molecule has 0 saturated carbocycles. The van der Waals surface area contributed by atoms with E-state index in [1.165, 1.54) is 12.1 Å². The van der Waals surface area contributed by atoms with E-state index in [0.717, 1.165) is 60.5 Å². The maximum absolute atomic E-state index is 14.3. The number of imidazole rings is 1. The van der Waals surface area contributed by atoms with Gasteiger partial charge in [0.25, 0.3) is 0 Å². The van der Waals surface area contributed by atoms with Gasteiger partial charge < -0.3 is 19.8 Å². The Morgan fingerprint density at radius 3 is 2.75 bits per heavy atom. The summed E-state index contributed by atoms with van der Waals surface area (Å²) in [4.78, 5) is 15.3. The number of nitrogens with zero attached hydrogens (tertiary/aromatic N) is 6. The molecule has 4 aromatic rings. The Hall–Kier alpha value is -3.48. The number of benzene rings is 1. The first-order valence-corrected chi connectivity index (χ1v) is 10.7. The van der Waals surface area contributed by atoms with Crippen molar-refractivity contribution in [3.8, 4) is 11.3 Å². The molecule has 1 saturated heterocycles. The predicted molar refractivity (Wildman–Crippen MR) is 125 cm³/mol. The first-order chi connectivity index (χ1) is 15.6. The van der Waals surface area contributed by atoms with Crippen LogP contribution in [0.5, 0.6) is 0 Å². The summed E-state index contributed by atoms with van der Waals surface area (Å²) in [5.74, 6) is 0.296. The molecule has 9 heteroatoms. The van der Waals surface area contributed by atoms with Crippen LogP contribution in [0.15, 0.2) is 30.6 Å². The molecular weight excluding hydrogens is 407 g/mol. The summed E-state index contributed by atoms with van der Waals surface area (Å²) in [6, 6.07) is 6.54. The zero-order valence-electron chi connectivity index (χ0n) is 18.2. The molecule has 8 nitrogen and oxygen atoms in total. The van der Waals surface area contributed by atoms with Crippen LogP contribution in [-0.4, -0.2) is 63.8 Å². The second-order valence-corrected chi connectivity index (χ2v) is 8.08. The van der Waals surface area contributed by atoms with Crippen LogP contribution in [0.1, 0.15) is 0 Å². The molecule has 0 aliphatic carbocycles. The maximum atomic E-state index is 14.3. The van der Waals surface area contributed by atoms with Gasteiger partial charge in [0.2, 0.25) is 0 Å². The van der Waals surface area contributed by atoms with Crippen LogP contribution in [0, 0.1) is 12.4 Å². The molecular formula is C23H25FN8. The van der Waals surface area contributed by atoms with E-state index < -0.39 is 5.82 Å². The van der Waals surface area contributed by atoms with Gasteiger partial charge in [0.1, 0.15) is 17.0 Å². The van der Waals surface area contributed by atoms with Gasteiger partial charge in [-0.3, -0.25) is 4.90 Å². The van der Waals surface area contributed by atoms with Crippen molar-refractivity contribution in [3.63, 3.8) is 0 Å². The minimum atomic E-state index is -0.415. The lowest BCUT2D eigenvalue weighted by Crippen LogP contribution is -2.44. The van der Waals surface area contributed by atoms with Crippen molar-refractivity contribution in [1.29, 1.82) is 0 Å². The van der Waals surface area contributed by atoms with Crippen molar-refractivity contribution in [2.75, 3.05) is 45.1 Å². The highest BCUT2D eigenvalue weighted by Gasteiger charge is 2.20. The molecule has 5 rings (SSSR count). The fraction of sp³-hybridized carbons (Fsp3) is 0.348. The molecule has 32 heavy (non-hydrogen) atoms. The normalized spacial score (nSPS) is 14.8.